The fourth-order valence-electron chi connectivity index (χ4n) is 3.69. The minimum atomic E-state index is -0.651. The molecular weight excluding hydrogens is 334 g/mol. The van der Waals surface area contributed by atoms with Crippen molar-refractivity contribution in [3.63, 3.8) is 0 Å². The van der Waals surface area contributed by atoms with E-state index in [4.69, 9.17) is 5.26 Å². The quantitative estimate of drug-likeness (QED) is 0.293. The molecule has 154 valence electrons. The molecule has 0 aromatic carbocycles. The van der Waals surface area contributed by atoms with Gasteiger partial charge in [0.15, 0.2) is 0 Å². The second-order valence-electron chi connectivity index (χ2n) is 7.50. The van der Waals surface area contributed by atoms with Crippen LogP contribution in [0, 0.1) is 0 Å². The standard InChI is InChI=1S/C19H39N3O4/c1-4-6-10-17(16(3)26-25)20-18(24)19(11-8-7-9-12-19)21-22(13-5-2)14-15-23/h16-17,21,23,25H,4-15H2,1-3H3,(H,20,24)/t16?,17-/m0/s1. The second-order valence-corrected chi connectivity index (χ2v) is 7.50. The van der Waals surface area contributed by atoms with Gasteiger partial charge in [0.2, 0.25) is 5.91 Å². The van der Waals surface area contributed by atoms with Gasteiger partial charge in [-0.05, 0) is 32.6 Å². The molecule has 1 amide bonds. The monoisotopic (exact) mass is 373 g/mol. The number of carbonyl (C=O) groups is 1. The molecule has 1 fully saturated rings. The number of aliphatic hydroxyl groups is 1. The SMILES string of the molecule is CCCC[C@H](NC(=O)C1(NN(CCC)CCO)CCCCC1)C(C)OO. The van der Waals surface area contributed by atoms with E-state index in [0.29, 0.717) is 6.54 Å². The Balaban J connectivity index is 2.89. The fourth-order valence-corrected chi connectivity index (χ4v) is 3.69. The summed E-state index contributed by atoms with van der Waals surface area (Å²) in [5, 5.41) is 23.5. The zero-order valence-corrected chi connectivity index (χ0v) is 16.8. The Morgan fingerprint density at radius 2 is 1.88 bits per heavy atom. The lowest BCUT2D eigenvalue weighted by molar-refractivity contribution is -0.280. The number of aliphatic hydroxyl groups excluding tert-OH is 1. The van der Waals surface area contributed by atoms with E-state index in [0.717, 1.165) is 64.3 Å². The number of carbonyl (C=O) groups excluding carboxylic acids is 1. The van der Waals surface area contributed by atoms with E-state index in [9.17, 15) is 9.90 Å². The zero-order valence-electron chi connectivity index (χ0n) is 16.8. The van der Waals surface area contributed by atoms with Crippen LogP contribution in [0.15, 0.2) is 0 Å². The molecule has 1 saturated carbocycles. The van der Waals surface area contributed by atoms with E-state index < -0.39 is 11.6 Å². The summed E-state index contributed by atoms with van der Waals surface area (Å²) in [6.07, 6.45) is 7.96. The minimum Gasteiger partial charge on any atom is -0.395 e. The molecule has 26 heavy (non-hydrogen) atoms. The van der Waals surface area contributed by atoms with Crippen molar-refractivity contribution in [2.45, 2.75) is 96.2 Å². The molecule has 0 spiro atoms. The molecule has 1 aliphatic carbocycles. The van der Waals surface area contributed by atoms with Gasteiger partial charge >= 0.3 is 0 Å². The summed E-state index contributed by atoms with van der Waals surface area (Å²) in [6, 6.07) is -0.217. The number of rotatable bonds is 13. The zero-order chi connectivity index (χ0) is 19.4. The van der Waals surface area contributed by atoms with Crippen molar-refractivity contribution < 1.29 is 20.0 Å². The number of hydrogen-bond donors (Lipinski definition) is 4. The molecule has 2 atom stereocenters. The fraction of sp³-hybridized carbons (Fsp3) is 0.947. The Hall–Kier alpha value is -0.730. The van der Waals surface area contributed by atoms with Crippen molar-refractivity contribution in [1.29, 1.82) is 0 Å². The van der Waals surface area contributed by atoms with Gasteiger partial charge in [0.25, 0.3) is 0 Å². The van der Waals surface area contributed by atoms with Crippen molar-refractivity contribution in [2.75, 3.05) is 19.7 Å². The van der Waals surface area contributed by atoms with E-state index in [1.54, 1.807) is 6.92 Å². The van der Waals surface area contributed by atoms with Gasteiger partial charge in [0.1, 0.15) is 11.6 Å². The molecule has 0 aliphatic heterocycles. The highest BCUT2D eigenvalue weighted by Gasteiger charge is 2.41. The van der Waals surface area contributed by atoms with Crippen LogP contribution in [0.1, 0.15) is 78.6 Å². The van der Waals surface area contributed by atoms with Crippen LogP contribution in [0.25, 0.3) is 0 Å². The van der Waals surface area contributed by atoms with Gasteiger partial charge in [0, 0.05) is 13.1 Å². The number of hydrazine groups is 1. The molecule has 0 radical (unpaired) electrons. The van der Waals surface area contributed by atoms with E-state index >= 15 is 0 Å². The number of nitrogens with one attached hydrogen (secondary N) is 2. The summed E-state index contributed by atoms with van der Waals surface area (Å²) in [6.45, 7) is 7.30. The van der Waals surface area contributed by atoms with E-state index in [1.165, 1.54) is 0 Å². The second kappa shape index (κ2) is 12.6. The normalized spacial score (nSPS) is 19.3. The largest absolute Gasteiger partial charge is 0.395 e. The van der Waals surface area contributed by atoms with Gasteiger partial charge in [-0.3, -0.25) is 10.1 Å². The van der Waals surface area contributed by atoms with Crippen LogP contribution in [-0.4, -0.2) is 58.7 Å². The number of unbranched alkanes of at least 4 members (excludes halogenated alkanes) is 1. The molecule has 0 aromatic heterocycles. The average Bonchev–Trinajstić information content (AvgIpc) is 2.65. The van der Waals surface area contributed by atoms with Gasteiger partial charge in [-0.25, -0.2) is 15.3 Å². The molecule has 7 nitrogen and oxygen atoms in total. The van der Waals surface area contributed by atoms with Gasteiger partial charge in [0.05, 0.1) is 12.6 Å². The first-order chi connectivity index (χ1) is 12.5. The first kappa shape index (κ1) is 23.3. The first-order valence-corrected chi connectivity index (χ1v) is 10.3. The van der Waals surface area contributed by atoms with E-state index in [2.05, 4.69) is 29.5 Å². The Labute approximate surface area is 158 Å². The molecule has 0 saturated heterocycles. The highest BCUT2D eigenvalue weighted by molar-refractivity contribution is 5.86. The Bertz CT molecular complexity index is 383. The summed E-state index contributed by atoms with van der Waals surface area (Å²) in [5.74, 6) is -0.0266. The van der Waals surface area contributed by atoms with Crippen molar-refractivity contribution in [3.05, 3.63) is 0 Å². The van der Waals surface area contributed by atoms with Crippen LogP contribution in [0.5, 0.6) is 0 Å². The summed E-state index contributed by atoms with van der Waals surface area (Å²) in [5.41, 5.74) is 2.80. The Kier molecular flexibility index (Phi) is 11.3. The number of amides is 1. The maximum absolute atomic E-state index is 13.3. The van der Waals surface area contributed by atoms with Gasteiger partial charge in [-0.2, -0.15) is 0 Å². The van der Waals surface area contributed by atoms with Crippen LogP contribution >= 0.6 is 0 Å². The molecule has 0 aromatic rings. The van der Waals surface area contributed by atoms with Crippen molar-refractivity contribution in [2.24, 2.45) is 0 Å². The van der Waals surface area contributed by atoms with Gasteiger partial charge in [-0.1, -0.05) is 46.0 Å². The van der Waals surface area contributed by atoms with Crippen LogP contribution < -0.4 is 10.7 Å². The molecular formula is C19H39N3O4. The van der Waals surface area contributed by atoms with Crippen LogP contribution in [0.4, 0.5) is 0 Å². The third kappa shape index (κ3) is 7.12. The summed E-state index contributed by atoms with van der Waals surface area (Å²) < 4.78 is 0. The lowest BCUT2D eigenvalue weighted by Crippen LogP contribution is -2.65. The molecule has 1 rings (SSSR count). The first-order valence-electron chi connectivity index (χ1n) is 10.3. The predicted octanol–water partition coefficient (Wildman–Crippen LogP) is 2.45. The van der Waals surface area contributed by atoms with Crippen molar-refractivity contribution >= 4 is 5.91 Å². The molecule has 1 unspecified atom stereocenters. The molecule has 7 heteroatoms. The van der Waals surface area contributed by atoms with Crippen LogP contribution in [0.3, 0.4) is 0 Å². The maximum Gasteiger partial charge on any atom is 0.241 e. The van der Waals surface area contributed by atoms with Crippen molar-refractivity contribution in [1.82, 2.24) is 15.8 Å². The molecule has 0 bridgehead atoms. The summed E-state index contributed by atoms with van der Waals surface area (Å²) in [7, 11) is 0. The average molecular weight is 374 g/mol. The molecule has 1 aliphatic rings. The molecule has 4 N–H and O–H groups in total. The van der Waals surface area contributed by atoms with E-state index in [-0.39, 0.29) is 18.6 Å². The minimum absolute atomic E-state index is 0.0266. The van der Waals surface area contributed by atoms with Crippen LogP contribution in [0.2, 0.25) is 0 Å². The lowest BCUT2D eigenvalue weighted by atomic mass is 9.81. The Morgan fingerprint density at radius 1 is 1.19 bits per heavy atom. The third-order valence-electron chi connectivity index (χ3n) is 5.30. The summed E-state index contributed by atoms with van der Waals surface area (Å²) in [4.78, 5) is 17.8. The summed E-state index contributed by atoms with van der Waals surface area (Å²) >= 11 is 0. The van der Waals surface area contributed by atoms with Gasteiger partial charge < -0.3 is 10.4 Å². The van der Waals surface area contributed by atoms with Gasteiger partial charge in [-0.15, -0.1) is 0 Å². The number of nitrogens with zero attached hydrogens (tertiary/aromatic N) is 1. The Morgan fingerprint density at radius 3 is 2.42 bits per heavy atom. The maximum atomic E-state index is 13.3. The van der Waals surface area contributed by atoms with Crippen LogP contribution in [-0.2, 0) is 9.68 Å². The van der Waals surface area contributed by atoms with Crippen molar-refractivity contribution in [3.8, 4) is 0 Å². The van der Waals surface area contributed by atoms with E-state index in [1.807, 2.05) is 5.01 Å². The number of hydrogen-bond acceptors (Lipinski definition) is 6. The third-order valence-corrected chi connectivity index (χ3v) is 5.30. The predicted molar refractivity (Wildman–Crippen MR) is 103 cm³/mol. The highest BCUT2D eigenvalue weighted by Crippen LogP contribution is 2.29. The lowest BCUT2D eigenvalue weighted by Gasteiger charge is -2.42. The smallest absolute Gasteiger partial charge is 0.241 e. The highest BCUT2D eigenvalue weighted by atomic mass is 17.1. The topological polar surface area (TPSA) is 94.1 Å². The molecule has 0 heterocycles.